The van der Waals surface area contributed by atoms with Crippen molar-refractivity contribution in [1.29, 1.82) is 0 Å². The first-order valence-corrected chi connectivity index (χ1v) is 9.87. The predicted molar refractivity (Wildman–Crippen MR) is 112 cm³/mol. The first-order valence-electron chi connectivity index (χ1n) is 9.87. The SMILES string of the molecule is Cn1c2ccccc2c(=O)c2c(=O)n(C3CCCC3)c(-c3ccccc3F)nc21. The van der Waals surface area contributed by atoms with Gasteiger partial charge in [-0.3, -0.25) is 14.2 Å². The van der Waals surface area contributed by atoms with Crippen molar-refractivity contribution in [3.8, 4) is 11.4 Å². The maximum Gasteiger partial charge on any atom is 0.267 e. The Morgan fingerprint density at radius 3 is 2.45 bits per heavy atom. The number of hydrogen-bond acceptors (Lipinski definition) is 3. The molecule has 0 bridgehead atoms. The van der Waals surface area contributed by atoms with Gasteiger partial charge in [0.1, 0.15) is 17.0 Å². The summed E-state index contributed by atoms with van der Waals surface area (Å²) in [5.74, 6) is -0.144. The smallest absolute Gasteiger partial charge is 0.267 e. The third kappa shape index (κ3) is 2.63. The van der Waals surface area contributed by atoms with Gasteiger partial charge < -0.3 is 4.57 Å². The van der Waals surface area contributed by atoms with Crippen molar-refractivity contribution in [1.82, 2.24) is 14.1 Å². The minimum atomic E-state index is -0.434. The van der Waals surface area contributed by atoms with Gasteiger partial charge in [-0.25, -0.2) is 9.37 Å². The van der Waals surface area contributed by atoms with Crippen molar-refractivity contribution in [2.45, 2.75) is 31.7 Å². The van der Waals surface area contributed by atoms with Gasteiger partial charge in [0.05, 0.1) is 11.1 Å². The van der Waals surface area contributed by atoms with Crippen LogP contribution in [0.25, 0.3) is 33.3 Å². The summed E-state index contributed by atoms with van der Waals surface area (Å²) in [7, 11) is 1.78. The normalized spacial score (nSPS) is 14.8. The number of halogens is 1. The molecule has 0 amide bonds. The highest BCUT2D eigenvalue weighted by Crippen LogP contribution is 2.33. The molecule has 0 N–H and O–H groups in total. The highest BCUT2D eigenvalue weighted by atomic mass is 19.1. The van der Waals surface area contributed by atoms with Crippen LogP contribution in [-0.2, 0) is 7.05 Å². The molecule has 1 aliphatic rings. The minimum absolute atomic E-state index is 0.0678. The molecule has 0 radical (unpaired) electrons. The lowest BCUT2D eigenvalue weighted by atomic mass is 10.1. The number of rotatable bonds is 2. The van der Waals surface area contributed by atoms with Crippen molar-refractivity contribution in [2.24, 2.45) is 7.05 Å². The fraction of sp³-hybridized carbons (Fsp3) is 0.261. The van der Waals surface area contributed by atoms with Crippen LogP contribution in [0.4, 0.5) is 4.39 Å². The van der Waals surface area contributed by atoms with Crippen LogP contribution in [0.15, 0.2) is 58.1 Å². The summed E-state index contributed by atoms with van der Waals surface area (Å²) in [4.78, 5) is 31.5. The molecule has 4 aromatic rings. The average Bonchev–Trinajstić information content (AvgIpc) is 3.26. The van der Waals surface area contributed by atoms with E-state index in [1.54, 1.807) is 46.5 Å². The minimum Gasteiger partial charge on any atom is -0.328 e. The molecular formula is C23H20FN3O2. The zero-order chi connectivity index (χ0) is 20.1. The van der Waals surface area contributed by atoms with E-state index >= 15 is 0 Å². The molecule has 5 nitrogen and oxygen atoms in total. The van der Waals surface area contributed by atoms with Crippen molar-refractivity contribution >= 4 is 21.9 Å². The standard InChI is InChI=1S/C23H20FN3O2/c1-26-18-13-7-5-11-16(18)20(28)19-22(26)25-21(15-10-4-6-12-17(15)24)27(23(19)29)14-8-2-3-9-14/h4-7,10-14H,2-3,8-9H2,1H3. The second kappa shape index (κ2) is 6.65. The molecule has 1 aliphatic carbocycles. The van der Waals surface area contributed by atoms with Crippen LogP contribution in [0.5, 0.6) is 0 Å². The Kier molecular flexibility index (Phi) is 4.08. The fourth-order valence-corrected chi connectivity index (χ4v) is 4.50. The van der Waals surface area contributed by atoms with Crippen molar-refractivity contribution < 1.29 is 4.39 Å². The molecule has 2 aromatic heterocycles. The Balaban J connectivity index is 1.99. The van der Waals surface area contributed by atoms with E-state index in [0.717, 1.165) is 25.7 Å². The van der Waals surface area contributed by atoms with Crippen LogP contribution in [0.3, 0.4) is 0 Å². The van der Waals surface area contributed by atoms with E-state index in [1.165, 1.54) is 6.07 Å². The Morgan fingerprint density at radius 2 is 1.69 bits per heavy atom. The number of fused-ring (bicyclic) bond motifs is 2. The van der Waals surface area contributed by atoms with Gasteiger partial charge in [-0.1, -0.05) is 37.1 Å². The quantitative estimate of drug-likeness (QED) is 0.484. The van der Waals surface area contributed by atoms with E-state index in [-0.39, 0.29) is 39.5 Å². The van der Waals surface area contributed by atoms with Crippen LogP contribution in [0.2, 0.25) is 0 Å². The third-order valence-corrected chi connectivity index (χ3v) is 5.96. The second-order valence-electron chi connectivity index (χ2n) is 7.63. The molecule has 5 rings (SSSR count). The van der Waals surface area contributed by atoms with E-state index < -0.39 is 5.82 Å². The lowest BCUT2D eigenvalue weighted by Gasteiger charge is -2.20. The van der Waals surface area contributed by atoms with Gasteiger partial charge in [0.2, 0.25) is 5.43 Å². The second-order valence-corrected chi connectivity index (χ2v) is 7.63. The number of aryl methyl sites for hydroxylation is 1. The Hall–Kier alpha value is -3.28. The molecule has 1 fully saturated rings. The molecule has 2 aromatic carbocycles. The summed E-state index contributed by atoms with van der Waals surface area (Å²) in [6.07, 6.45) is 3.65. The van der Waals surface area contributed by atoms with Gasteiger partial charge >= 0.3 is 0 Å². The first-order chi connectivity index (χ1) is 14.1. The van der Waals surface area contributed by atoms with Gasteiger partial charge in [0.25, 0.3) is 5.56 Å². The molecule has 0 saturated heterocycles. The summed E-state index contributed by atoms with van der Waals surface area (Å²) < 4.78 is 18.0. The highest BCUT2D eigenvalue weighted by molar-refractivity contribution is 5.91. The van der Waals surface area contributed by atoms with Gasteiger partial charge in [-0.15, -0.1) is 0 Å². The Labute approximate surface area is 166 Å². The highest BCUT2D eigenvalue weighted by Gasteiger charge is 2.26. The van der Waals surface area contributed by atoms with Gasteiger partial charge in [-0.05, 0) is 37.1 Å². The largest absolute Gasteiger partial charge is 0.328 e. The van der Waals surface area contributed by atoms with Crippen LogP contribution in [0, 0.1) is 5.82 Å². The average molecular weight is 389 g/mol. The molecule has 0 spiro atoms. The van der Waals surface area contributed by atoms with Crippen molar-refractivity contribution in [3.63, 3.8) is 0 Å². The molecule has 0 unspecified atom stereocenters. The molecule has 29 heavy (non-hydrogen) atoms. The molecular weight excluding hydrogens is 369 g/mol. The molecule has 1 saturated carbocycles. The Bertz CT molecular complexity index is 1380. The van der Waals surface area contributed by atoms with Crippen LogP contribution >= 0.6 is 0 Å². The molecule has 6 heteroatoms. The van der Waals surface area contributed by atoms with E-state index in [2.05, 4.69) is 0 Å². The summed E-state index contributed by atoms with van der Waals surface area (Å²) in [5, 5.41) is 0.552. The van der Waals surface area contributed by atoms with Gasteiger partial charge in [0, 0.05) is 18.5 Å². The van der Waals surface area contributed by atoms with Gasteiger partial charge in [-0.2, -0.15) is 0 Å². The molecule has 2 heterocycles. The lowest BCUT2D eigenvalue weighted by molar-refractivity contribution is 0.502. The summed E-state index contributed by atoms with van der Waals surface area (Å²) in [5.41, 5.74) is 0.546. The third-order valence-electron chi connectivity index (χ3n) is 5.96. The van der Waals surface area contributed by atoms with Crippen molar-refractivity contribution in [2.75, 3.05) is 0 Å². The molecule has 0 aliphatic heterocycles. The number of hydrogen-bond donors (Lipinski definition) is 0. The van der Waals surface area contributed by atoms with E-state index in [1.807, 2.05) is 12.1 Å². The maximum absolute atomic E-state index is 14.7. The number of aromatic nitrogens is 3. The van der Waals surface area contributed by atoms with Crippen LogP contribution in [-0.4, -0.2) is 14.1 Å². The Morgan fingerprint density at radius 1 is 1.00 bits per heavy atom. The van der Waals surface area contributed by atoms with Crippen LogP contribution < -0.4 is 11.0 Å². The summed E-state index contributed by atoms with van der Waals surface area (Å²) >= 11 is 0. The lowest BCUT2D eigenvalue weighted by Crippen LogP contribution is -2.31. The van der Waals surface area contributed by atoms with E-state index in [4.69, 9.17) is 4.98 Å². The van der Waals surface area contributed by atoms with Gasteiger partial charge in [0.15, 0.2) is 5.65 Å². The maximum atomic E-state index is 14.7. The summed E-state index contributed by atoms with van der Waals surface area (Å²) in [6, 6.07) is 13.4. The molecule has 0 atom stereocenters. The predicted octanol–water partition coefficient (Wildman–Crippen LogP) is 4.17. The van der Waals surface area contributed by atoms with Crippen LogP contribution in [0.1, 0.15) is 31.7 Å². The number of benzene rings is 2. The zero-order valence-corrected chi connectivity index (χ0v) is 16.1. The first kappa shape index (κ1) is 17.8. The number of pyridine rings is 1. The van der Waals surface area contributed by atoms with Crippen molar-refractivity contribution in [3.05, 3.63) is 74.9 Å². The summed E-state index contributed by atoms with van der Waals surface area (Å²) in [6.45, 7) is 0. The zero-order valence-electron chi connectivity index (χ0n) is 16.1. The topological polar surface area (TPSA) is 56.9 Å². The van der Waals surface area contributed by atoms with E-state index in [0.29, 0.717) is 10.9 Å². The molecule has 146 valence electrons. The number of nitrogens with zero attached hydrogens (tertiary/aromatic N) is 3. The number of para-hydroxylation sites is 1. The van der Waals surface area contributed by atoms with E-state index in [9.17, 15) is 14.0 Å². The monoisotopic (exact) mass is 389 g/mol. The fourth-order valence-electron chi connectivity index (χ4n) is 4.50.